The molecule has 2 N–H and O–H groups in total. The van der Waals surface area contributed by atoms with Gasteiger partial charge in [-0.3, -0.25) is 0 Å². The molecule has 0 aliphatic rings. The standard InChI is InChI=1S/C25H38N2O2S2/c1-19(2)8-6-9-21(5)10-7-11-22(13-12-20(3)4)14-16-30-18-23(24(28)29)27-25-26-15-17-31-25/h8,10,12,14-15,17,23H,6-7,9,11,13,16,18H2,1-5H3,(H,26,27)(H,28,29)/b21-10+,22-14-. The number of aromatic nitrogens is 1. The molecule has 0 saturated carbocycles. The molecule has 0 spiro atoms. The lowest BCUT2D eigenvalue weighted by Gasteiger charge is -2.13. The van der Waals surface area contributed by atoms with Gasteiger partial charge in [-0.15, -0.1) is 11.3 Å². The van der Waals surface area contributed by atoms with Crippen LogP contribution in [0, 0.1) is 0 Å². The number of nitrogens with one attached hydrogen (secondary N) is 1. The first-order valence-corrected chi connectivity index (χ1v) is 12.9. The topological polar surface area (TPSA) is 62.2 Å². The molecule has 1 aromatic rings. The van der Waals surface area contributed by atoms with E-state index in [0.29, 0.717) is 10.9 Å². The second-order valence-electron chi connectivity index (χ2n) is 8.17. The van der Waals surface area contributed by atoms with E-state index in [0.717, 1.165) is 37.9 Å². The number of aliphatic carboxylic acids is 1. The Labute approximate surface area is 196 Å². The maximum Gasteiger partial charge on any atom is 0.327 e. The van der Waals surface area contributed by atoms with Crippen molar-refractivity contribution in [3.63, 3.8) is 0 Å². The first-order chi connectivity index (χ1) is 14.8. The molecule has 0 saturated heterocycles. The Morgan fingerprint density at radius 1 is 1.10 bits per heavy atom. The van der Waals surface area contributed by atoms with Crippen LogP contribution in [0.4, 0.5) is 5.13 Å². The maximum absolute atomic E-state index is 11.5. The van der Waals surface area contributed by atoms with Gasteiger partial charge in [-0.2, -0.15) is 11.8 Å². The Kier molecular flexibility index (Phi) is 14.0. The lowest BCUT2D eigenvalue weighted by molar-refractivity contribution is -0.137. The average molecular weight is 463 g/mol. The molecule has 1 aromatic heterocycles. The molecule has 0 bridgehead atoms. The number of carboxylic acids is 1. The summed E-state index contributed by atoms with van der Waals surface area (Å²) in [6.45, 7) is 10.8. The van der Waals surface area contributed by atoms with E-state index in [-0.39, 0.29) is 0 Å². The molecule has 1 unspecified atom stereocenters. The van der Waals surface area contributed by atoms with Crippen LogP contribution in [0.2, 0.25) is 0 Å². The molecule has 0 amide bonds. The van der Waals surface area contributed by atoms with Crippen LogP contribution in [-0.4, -0.2) is 33.6 Å². The molecule has 6 heteroatoms. The SMILES string of the molecule is CC(C)=CCC/C(C)=C/CC/C(=C/CSCC(Nc1nccs1)C(=O)O)CC=C(C)C. The molecule has 172 valence electrons. The number of hydrogen-bond donors (Lipinski definition) is 2. The zero-order chi connectivity index (χ0) is 23.1. The minimum absolute atomic E-state index is 0.505. The van der Waals surface area contributed by atoms with Gasteiger partial charge < -0.3 is 10.4 Å². The molecule has 31 heavy (non-hydrogen) atoms. The van der Waals surface area contributed by atoms with E-state index >= 15 is 0 Å². The summed E-state index contributed by atoms with van der Waals surface area (Å²) < 4.78 is 0. The summed E-state index contributed by atoms with van der Waals surface area (Å²) in [5, 5.41) is 14.9. The van der Waals surface area contributed by atoms with Crippen LogP contribution in [0.5, 0.6) is 0 Å². The molecule has 1 atom stereocenters. The van der Waals surface area contributed by atoms with Gasteiger partial charge in [-0.05, 0) is 66.7 Å². The minimum Gasteiger partial charge on any atom is -0.480 e. The van der Waals surface area contributed by atoms with Crippen molar-refractivity contribution in [2.45, 2.75) is 72.8 Å². The van der Waals surface area contributed by atoms with Gasteiger partial charge in [-0.1, -0.05) is 46.6 Å². The van der Waals surface area contributed by atoms with Gasteiger partial charge in [0.05, 0.1) is 0 Å². The van der Waals surface area contributed by atoms with Crippen molar-refractivity contribution in [1.82, 2.24) is 4.98 Å². The van der Waals surface area contributed by atoms with Crippen molar-refractivity contribution in [2.75, 3.05) is 16.8 Å². The van der Waals surface area contributed by atoms with E-state index in [1.54, 1.807) is 18.0 Å². The van der Waals surface area contributed by atoms with Crippen molar-refractivity contribution < 1.29 is 9.90 Å². The van der Waals surface area contributed by atoms with Gasteiger partial charge in [0, 0.05) is 23.1 Å². The predicted molar refractivity (Wildman–Crippen MR) is 138 cm³/mol. The normalized spacial score (nSPS) is 12.9. The van der Waals surface area contributed by atoms with Crippen LogP contribution >= 0.6 is 23.1 Å². The lowest BCUT2D eigenvalue weighted by atomic mass is 10.0. The number of anilines is 1. The van der Waals surface area contributed by atoms with Crippen molar-refractivity contribution in [2.24, 2.45) is 0 Å². The van der Waals surface area contributed by atoms with E-state index in [9.17, 15) is 9.90 Å². The molecule has 1 heterocycles. The third-order valence-electron chi connectivity index (χ3n) is 4.62. The third kappa shape index (κ3) is 14.0. The van der Waals surface area contributed by atoms with Gasteiger partial charge in [0.15, 0.2) is 5.13 Å². The fourth-order valence-corrected chi connectivity index (χ4v) is 4.33. The maximum atomic E-state index is 11.5. The predicted octanol–water partition coefficient (Wildman–Crippen LogP) is 7.50. The van der Waals surface area contributed by atoms with Crippen molar-refractivity contribution in [3.8, 4) is 0 Å². The van der Waals surface area contributed by atoms with Crippen LogP contribution in [0.3, 0.4) is 0 Å². The summed E-state index contributed by atoms with van der Waals surface area (Å²) in [6.07, 6.45) is 16.2. The largest absolute Gasteiger partial charge is 0.480 e. The highest BCUT2D eigenvalue weighted by atomic mass is 32.2. The summed E-state index contributed by atoms with van der Waals surface area (Å²) in [7, 11) is 0. The number of rotatable bonds is 15. The van der Waals surface area contributed by atoms with Gasteiger partial charge >= 0.3 is 5.97 Å². The first kappa shape index (κ1) is 27.2. The van der Waals surface area contributed by atoms with Gasteiger partial charge in [0.2, 0.25) is 0 Å². The molecule has 0 aliphatic heterocycles. The Hall–Kier alpha value is -1.79. The Bertz CT molecular complexity index is 769. The summed E-state index contributed by atoms with van der Waals surface area (Å²) in [5.74, 6) is 0.480. The van der Waals surface area contributed by atoms with Crippen LogP contribution in [0.25, 0.3) is 0 Å². The number of hydrogen-bond acceptors (Lipinski definition) is 5. The number of allylic oxidation sites excluding steroid dienone is 7. The van der Waals surface area contributed by atoms with Crippen LogP contribution in [0.1, 0.15) is 66.7 Å². The summed E-state index contributed by atoms with van der Waals surface area (Å²) in [5.41, 5.74) is 5.57. The summed E-state index contributed by atoms with van der Waals surface area (Å²) in [6, 6.07) is -0.628. The van der Waals surface area contributed by atoms with E-state index in [4.69, 9.17) is 0 Å². The van der Waals surface area contributed by atoms with E-state index in [1.807, 2.05) is 5.38 Å². The minimum atomic E-state index is -0.842. The van der Waals surface area contributed by atoms with E-state index < -0.39 is 12.0 Å². The smallest absolute Gasteiger partial charge is 0.327 e. The zero-order valence-corrected chi connectivity index (χ0v) is 21.2. The summed E-state index contributed by atoms with van der Waals surface area (Å²) >= 11 is 3.06. The molecule has 0 aromatic carbocycles. The number of thiazole rings is 1. The fourth-order valence-electron chi connectivity index (χ4n) is 2.80. The van der Waals surface area contributed by atoms with Gasteiger partial charge in [0.25, 0.3) is 0 Å². The number of carboxylic acid groups (broad SMARTS) is 1. The third-order valence-corrected chi connectivity index (χ3v) is 6.30. The van der Waals surface area contributed by atoms with Crippen molar-refractivity contribution in [1.29, 1.82) is 0 Å². The fraction of sp³-hybridized carbons (Fsp3) is 0.520. The highest BCUT2D eigenvalue weighted by molar-refractivity contribution is 7.99. The Balaban J connectivity index is 2.55. The molecular formula is C25H38N2O2S2. The first-order valence-electron chi connectivity index (χ1n) is 10.8. The molecule has 0 aliphatic carbocycles. The second-order valence-corrected chi connectivity index (χ2v) is 10.1. The monoisotopic (exact) mass is 462 g/mol. The van der Waals surface area contributed by atoms with Gasteiger partial charge in [0.1, 0.15) is 6.04 Å². The second kappa shape index (κ2) is 15.9. The van der Waals surface area contributed by atoms with E-state index in [1.165, 1.54) is 33.6 Å². The number of carbonyl (C=O) groups is 1. The molecular weight excluding hydrogens is 424 g/mol. The number of nitrogens with zero attached hydrogens (tertiary/aromatic N) is 1. The highest BCUT2D eigenvalue weighted by Gasteiger charge is 2.17. The number of thioether (sulfide) groups is 1. The van der Waals surface area contributed by atoms with E-state index in [2.05, 4.69) is 69.2 Å². The molecule has 1 rings (SSSR count). The summed E-state index contributed by atoms with van der Waals surface area (Å²) in [4.78, 5) is 15.6. The Morgan fingerprint density at radius 2 is 1.81 bits per heavy atom. The molecule has 0 radical (unpaired) electrons. The lowest BCUT2D eigenvalue weighted by Crippen LogP contribution is -2.31. The molecule has 4 nitrogen and oxygen atoms in total. The Morgan fingerprint density at radius 3 is 2.42 bits per heavy atom. The van der Waals surface area contributed by atoms with Gasteiger partial charge in [-0.25, -0.2) is 9.78 Å². The van der Waals surface area contributed by atoms with Crippen LogP contribution in [-0.2, 0) is 4.79 Å². The van der Waals surface area contributed by atoms with Crippen LogP contribution < -0.4 is 5.32 Å². The quantitative estimate of drug-likeness (QED) is 0.209. The molecule has 0 fully saturated rings. The van der Waals surface area contributed by atoms with Crippen molar-refractivity contribution in [3.05, 3.63) is 58.2 Å². The average Bonchev–Trinajstić information content (AvgIpc) is 3.20. The van der Waals surface area contributed by atoms with Crippen molar-refractivity contribution >= 4 is 34.2 Å². The van der Waals surface area contributed by atoms with Crippen LogP contribution in [0.15, 0.2) is 58.2 Å². The zero-order valence-electron chi connectivity index (χ0n) is 19.6. The highest BCUT2D eigenvalue weighted by Crippen LogP contribution is 2.18.